The van der Waals surface area contributed by atoms with E-state index in [1.54, 1.807) is 13.8 Å². The summed E-state index contributed by atoms with van der Waals surface area (Å²) in [4.78, 5) is 26.9. The van der Waals surface area contributed by atoms with E-state index < -0.39 is 56.4 Å². The van der Waals surface area contributed by atoms with E-state index in [-0.39, 0.29) is 18.3 Å². The van der Waals surface area contributed by atoms with Crippen molar-refractivity contribution in [2.24, 2.45) is 5.92 Å². The number of carbonyl (C=O) groups excluding carboxylic acids is 1. The molecule has 3 heterocycles. The maximum absolute atomic E-state index is 15.0. The monoisotopic (exact) mass is 452 g/mol. The molecule has 14 heteroatoms. The van der Waals surface area contributed by atoms with Gasteiger partial charge in [0.15, 0.2) is 6.10 Å². The Balaban J connectivity index is 1.71. The zero-order valence-corrected chi connectivity index (χ0v) is 17.4. The molecule has 0 saturated carbocycles. The van der Waals surface area contributed by atoms with Crippen LogP contribution in [0, 0.1) is 5.92 Å². The number of nitrogen functional groups attached to an aromatic ring is 1. The Hall–Kier alpha value is -1.92. The summed E-state index contributed by atoms with van der Waals surface area (Å²) < 4.78 is 63.9. The van der Waals surface area contributed by atoms with Crippen LogP contribution in [0.3, 0.4) is 0 Å². The molecular formula is C16H23F2N4O7P. The second-order valence-electron chi connectivity index (χ2n) is 7.38. The summed E-state index contributed by atoms with van der Waals surface area (Å²) >= 11 is 0. The summed E-state index contributed by atoms with van der Waals surface area (Å²) in [6.45, 7) is 4.20. The van der Waals surface area contributed by atoms with Crippen molar-refractivity contribution in [2.45, 2.75) is 51.2 Å². The number of hydrogen-bond donors (Lipinski definition) is 2. The fourth-order valence-corrected chi connectivity index (χ4v) is 4.67. The predicted octanol–water partition coefficient (Wildman–Crippen LogP) is 1.06. The number of carbonyl (C=O) groups is 1. The lowest BCUT2D eigenvalue weighted by molar-refractivity contribution is -0.147. The third kappa shape index (κ3) is 4.54. The lowest BCUT2D eigenvalue weighted by Gasteiger charge is -2.33. The van der Waals surface area contributed by atoms with Crippen molar-refractivity contribution in [1.29, 1.82) is 0 Å². The number of nitrogens with one attached hydrogen (secondary N) is 1. The highest BCUT2D eigenvalue weighted by atomic mass is 31.2. The lowest BCUT2D eigenvalue weighted by Crippen LogP contribution is -2.47. The summed E-state index contributed by atoms with van der Waals surface area (Å²) in [5.74, 6) is -4.67. The molecule has 2 fully saturated rings. The average molecular weight is 452 g/mol. The van der Waals surface area contributed by atoms with E-state index in [4.69, 9.17) is 24.3 Å². The first-order valence-corrected chi connectivity index (χ1v) is 10.7. The van der Waals surface area contributed by atoms with Gasteiger partial charge < -0.3 is 15.2 Å². The number of rotatable bonds is 6. The van der Waals surface area contributed by atoms with E-state index in [0.717, 1.165) is 6.20 Å². The van der Waals surface area contributed by atoms with Gasteiger partial charge in [0.05, 0.1) is 12.5 Å². The minimum Gasteiger partial charge on any atom is -0.464 e. The molecule has 0 spiro atoms. The van der Waals surface area contributed by atoms with Crippen LogP contribution in [0.5, 0.6) is 0 Å². The summed E-state index contributed by atoms with van der Waals surface area (Å²) in [6.07, 6.45) is -4.21. The van der Waals surface area contributed by atoms with Gasteiger partial charge in [-0.3, -0.25) is 18.4 Å². The number of anilines is 1. The highest BCUT2D eigenvalue weighted by Crippen LogP contribution is 2.57. The van der Waals surface area contributed by atoms with Crippen LogP contribution in [-0.4, -0.2) is 52.9 Å². The molecule has 1 aromatic rings. The summed E-state index contributed by atoms with van der Waals surface area (Å²) in [5, 5.41) is 2.46. The average Bonchev–Trinajstić information content (AvgIpc) is 2.89. The van der Waals surface area contributed by atoms with Crippen LogP contribution in [0.4, 0.5) is 14.6 Å². The van der Waals surface area contributed by atoms with Crippen molar-refractivity contribution in [1.82, 2.24) is 14.6 Å². The first kappa shape index (κ1) is 22.8. The fraction of sp³-hybridized carbons (Fsp3) is 0.688. The number of nitrogens with two attached hydrogens (primary N) is 1. The van der Waals surface area contributed by atoms with Gasteiger partial charge in [0.25, 0.3) is 0 Å². The first-order chi connectivity index (χ1) is 13.9. The maximum atomic E-state index is 15.0. The molecule has 168 valence electrons. The molecular weight excluding hydrogens is 429 g/mol. The second-order valence-corrected chi connectivity index (χ2v) is 9.10. The number of ether oxygens (including phenoxy) is 2. The molecule has 2 aliphatic rings. The van der Waals surface area contributed by atoms with Crippen molar-refractivity contribution in [2.75, 3.05) is 18.9 Å². The summed E-state index contributed by atoms with van der Waals surface area (Å²) in [5.41, 5.74) is 4.35. The molecule has 2 saturated heterocycles. The Morgan fingerprint density at radius 3 is 2.83 bits per heavy atom. The molecule has 11 nitrogen and oxygen atoms in total. The number of alkyl halides is 2. The Bertz CT molecular complexity index is 912. The second kappa shape index (κ2) is 8.31. The molecule has 0 radical (unpaired) electrons. The molecule has 1 unspecified atom stereocenters. The first-order valence-electron chi connectivity index (χ1n) is 9.18. The lowest BCUT2D eigenvalue weighted by atomic mass is 10.1. The summed E-state index contributed by atoms with van der Waals surface area (Å²) in [7, 11) is -4.17. The number of esters is 1. The van der Waals surface area contributed by atoms with Gasteiger partial charge >= 0.3 is 25.3 Å². The van der Waals surface area contributed by atoms with Crippen LogP contribution in [0.15, 0.2) is 17.1 Å². The minimum absolute atomic E-state index is 0.129. The smallest absolute Gasteiger partial charge is 0.406 e. The zero-order valence-electron chi connectivity index (χ0n) is 16.5. The van der Waals surface area contributed by atoms with E-state index in [1.807, 2.05) is 0 Å². The number of hydrogen-bond acceptors (Lipinski definition) is 9. The van der Waals surface area contributed by atoms with E-state index in [1.165, 1.54) is 13.0 Å². The highest BCUT2D eigenvalue weighted by molar-refractivity contribution is 7.51. The molecule has 0 amide bonds. The number of halogens is 2. The Kier molecular flexibility index (Phi) is 6.30. The Labute approximate surface area is 170 Å². The van der Waals surface area contributed by atoms with Gasteiger partial charge in [0.2, 0.25) is 6.23 Å². The highest BCUT2D eigenvalue weighted by Gasteiger charge is 2.65. The van der Waals surface area contributed by atoms with Gasteiger partial charge in [0.1, 0.15) is 18.5 Å². The van der Waals surface area contributed by atoms with Crippen molar-refractivity contribution in [3.63, 3.8) is 0 Å². The van der Waals surface area contributed by atoms with Gasteiger partial charge in [0, 0.05) is 12.2 Å². The van der Waals surface area contributed by atoms with Crippen molar-refractivity contribution < 1.29 is 36.7 Å². The van der Waals surface area contributed by atoms with Crippen molar-refractivity contribution in [3.8, 4) is 0 Å². The van der Waals surface area contributed by atoms with Crippen LogP contribution in [0.1, 0.15) is 27.0 Å². The van der Waals surface area contributed by atoms with Gasteiger partial charge in [-0.2, -0.15) is 13.8 Å². The van der Waals surface area contributed by atoms with Crippen LogP contribution >= 0.6 is 7.75 Å². The number of fused-ring (bicyclic) bond motifs is 1. The van der Waals surface area contributed by atoms with Crippen molar-refractivity contribution in [3.05, 3.63) is 22.7 Å². The molecule has 2 aliphatic heterocycles. The van der Waals surface area contributed by atoms with Crippen LogP contribution in [-0.2, 0) is 27.9 Å². The zero-order chi connectivity index (χ0) is 22.3. The van der Waals surface area contributed by atoms with Gasteiger partial charge in [-0.1, -0.05) is 13.8 Å². The van der Waals surface area contributed by atoms with Crippen LogP contribution in [0.25, 0.3) is 0 Å². The number of nitrogens with zero attached hydrogens (tertiary/aromatic N) is 2. The van der Waals surface area contributed by atoms with E-state index in [9.17, 15) is 22.9 Å². The molecule has 3 N–H and O–H groups in total. The molecule has 0 aromatic carbocycles. The minimum atomic E-state index is -4.17. The fourth-order valence-electron chi connectivity index (χ4n) is 2.94. The molecule has 30 heavy (non-hydrogen) atoms. The Morgan fingerprint density at radius 2 is 2.20 bits per heavy atom. The standard InChI is InChI=1S/C16H23F2N4O7P/c1-8(2)13(23)26-6-9(3)21-30(25)27-7-10-12(29-30)16(17,18)14(28-10)22-5-4-11(19)20-15(22)24/h4-5,8-10,12,14H,6-7H2,1-3H3,(H,21,25)(H2,19,20,24)/t9-,10-,12-,14-,30?/m1/s1. The van der Waals surface area contributed by atoms with Gasteiger partial charge in [-0.15, -0.1) is 0 Å². The van der Waals surface area contributed by atoms with Crippen LogP contribution < -0.4 is 16.5 Å². The number of aromatic nitrogens is 2. The molecule has 0 bridgehead atoms. The molecule has 5 atom stereocenters. The van der Waals surface area contributed by atoms with Gasteiger partial charge in [-0.25, -0.2) is 14.4 Å². The van der Waals surface area contributed by atoms with Gasteiger partial charge in [-0.05, 0) is 13.0 Å². The van der Waals surface area contributed by atoms with E-state index in [2.05, 4.69) is 10.1 Å². The van der Waals surface area contributed by atoms with Crippen molar-refractivity contribution >= 4 is 19.5 Å². The largest absolute Gasteiger partial charge is 0.464 e. The summed E-state index contributed by atoms with van der Waals surface area (Å²) in [6, 6.07) is 0.470. The van der Waals surface area contributed by atoms with E-state index >= 15 is 0 Å². The third-order valence-electron chi connectivity index (χ3n) is 4.44. The molecule has 1 aromatic heterocycles. The third-order valence-corrected chi connectivity index (χ3v) is 6.19. The van der Waals surface area contributed by atoms with Crippen LogP contribution in [0.2, 0.25) is 0 Å². The predicted molar refractivity (Wildman–Crippen MR) is 98.6 cm³/mol. The SMILES string of the molecule is CC(C)C(=O)OC[C@@H](C)NP1(=O)OC[C@H]2O[C@@H](n3ccc(N)nc3=O)C(F)(F)[C@@H]2O1. The maximum Gasteiger partial charge on any atom is 0.406 e. The molecule has 3 rings (SSSR count). The normalized spacial score (nSPS) is 31.3. The quantitative estimate of drug-likeness (QED) is 0.475. The Morgan fingerprint density at radius 1 is 1.50 bits per heavy atom. The topological polar surface area (TPSA) is 144 Å². The van der Waals surface area contributed by atoms with E-state index in [0.29, 0.717) is 4.57 Å². The molecule has 0 aliphatic carbocycles.